The van der Waals surface area contributed by atoms with Crippen LogP contribution in [0.1, 0.15) is 61.3 Å². The van der Waals surface area contributed by atoms with Crippen molar-refractivity contribution in [1.82, 2.24) is 10.4 Å². The first kappa shape index (κ1) is 19.4. The normalized spacial score (nSPS) is 24.2. The van der Waals surface area contributed by atoms with Crippen LogP contribution in [0.3, 0.4) is 0 Å². The first-order valence-corrected chi connectivity index (χ1v) is 7.87. The predicted molar refractivity (Wildman–Crippen MR) is 82.9 cm³/mol. The van der Waals surface area contributed by atoms with E-state index in [-0.39, 0.29) is 23.7 Å². The average Bonchev–Trinajstić information content (AvgIpc) is 2.23. The summed E-state index contributed by atoms with van der Waals surface area (Å²) in [4.78, 5) is 16.8. The Labute approximate surface area is 133 Å². The van der Waals surface area contributed by atoms with E-state index in [4.69, 9.17) is 4.84 Å². The predicted octanol–water partition coefficient (Wildman–Crippen LogP) is 0.439. The van der Waals surface area contributed by atoms with Crippen molar-refractivity contribution < 1.29 is 19.8 Å². The van der Waals surface area contributed by atoms with Gasteiger partial charge in [0.2, 0.25) is 0 Å². The summed E-state index contributed by atoms with van der Waals surface area (Å²) in [5, 5.41) is 25.9. The number of aliphatic hydroxyl groups is 1. The molecule has 0 saturated carbocycles. The Morgan fingerprint density at radius 2 is 1.82 bits per heavy atom. The Morgan fingerprint density at radius 1 is 1.36 bits per heavy atom. The van der Waals surface area contributed by atoms with E-state index in [2.05, 4.69) is 33.0 Å². The Balaban J connectivity index is 2.82. The second-order valence-electron chi connectivity index (χ2n) is 8.32. The summed E-state index contributed by atoms with van der Waals surface area (Å²) >= 11 is 0. The van der Waals surface area contributed by atoms with Crippen molar-refractivity contribution in [2.75, 3.05) is 6.61 Å². The maximum absolute atomic E-state index is 10.9. The molecule has 0 bridgehead atoms. The van der Waals surface area contributed by atoms with Gasteiger partial charge in [-0.15, -0.1) is 0 Å². The summed E-state index contributed by atoms with van der Waals surface area (Å²) in [6, 6.07) is -0.611. The molecule has 1 aliphatic rings. The zero-order chi connectivity index (χ0) is 17.3. The van der Waals surface area contributed by atoms with E-state index in [1.54, 1.807) is 20.8 Å². The highest BCUT2D eigenvalue weighted by molar-refractivity contribution is 5.70. The van der Waals surface area contributed by atoms with Gasteiger partial charge >= 0.3 is 0 Å². The van der Waals surface area contributed by atoms with Crippen LogP contribution in [-0.2, 0) is 9.63 Å². The van der Waals surface area contributed by atoms with E-state index in [1.807, 2.05) is 5.06 Å². The number of hydrogen-bond acceptors (Lipinski definition) is 6. The second kappa shape index (κ2) is 6.43. The zero-order valence-electron chi connectivity index (χ0n) is 14.9. The monoisotopic (exact) mass is 315 g/mol. The summed E-state index contributed by atoms with van der Waals surface area (Å²) in [6.07, 6.45) is 1.50. The number of carbonyl (C=O) groups is 1. The van der Waals surface area contributed by atoms with Crippen LogP contribution in [0.2, 0.25) is 0 Å². The Morgan fingerprint density at radius 3 is 2.18 bits per heavy atom. The number of carboxylic acids is 1. The number of hydrogen-bond donors (Lipinski definition) is 2. The Bertz CT molecular complexity index is 383. The van der Waals surface area contributed by atoms with Crippen LogP contribution < -0.4 is 10.4 Å². The molecule has 0 spiro atoms. The number of carboxylic acid groups (broad SMARTS) is 1. The fourth-order valence-corrected chi connectivity index (χ4v) is 3.37. The van der Waals surface area contributed by atoms with Crippen molar-refractivity contribution in [3.8, 4) is 0 Å². The fraction of sp³-hybridized carbons (Fsp3) is 0.938. The molecule has 1 atom stereocenters. The number of nitrogens with zero attached hydrogens (tertiary/aromatic N) is 1. The number of rotatable bonds is 6. The average molecular weight is 315 g/mol. The van der Waals surface area contributed by atoms with Gasteiger partial charge in [0.15, 0.2) is 0 Å². The molecule has 1 aliphatic heterocycles. The molecule has 0 amide bonds. The van der Waals surface area contributed by atoms with Gasteiger partial charge in [0, 0.05) is 23.2 Å². The third-order valence-electron chi connectivity index (χ3n) is 3.98. The van der Waals surface area contributed by atoms with Crippen LogP contribution in [0.15, 0.2) is 0 Å². The summed E-state index contributed by atoms with van der Waals surface area (Å²) in [7, 11) is 0. The summed E-state index contributed by atoms with van der Waals surface area (Å²) < 4.78 is 0. The van der Waals surface area contributed by atoms with Gasteiger partial charge in [-0.1, -0.05) is 0 Å². The molecule has 1 saturated heterocycles. The van der Waals surface area contributed by atoms with Gasteiger partial charge in [0.1, 0.15) is 0 Å². The maximum Gasteiger partial charge on any atom is 0.0967 e. The lowest BCUT2D eigenvalue weighted by atomic mass is 9.78. The molecular formula is C16H31N2O4-. The maximum atomic E-state index is 10.9. The standard InChI is InChI=1S/C16H32N2O4/c1-11(13(19)20)17-12-8-14(2,3)18(15(4,5)9-12)22-10-16(6,7)21/h11-12,17,21H,8-10H2,1-7H3,(H,19,20)/p-1. The first-order chi connectivity index (χ1) is 9.74. The highest BCUT2D eigenvalue weighted by atomic mass is 16.7. The van der Waals surface area contributed by atoms with Crippen LogP contribution in [0, 0.1) is 0 Å². The number of hydroxylamine groups is 2. The molecule has 0 aromatic carbocycles. The van der Waals surface area contributed by atoms with Gasteiger partial charge in [-0.2, -0.15) is 5.06 Å². The molecule has 1 fully saturated rings. The quantitative estimate of drug-likeness (QED) is 0.740. The molecule has 2 N–H and O–H groups in total. The minimum atomic E-state index is -1.09. The third kappa shape index (κ3) is 5.19. The smallest absolute Gasteiger partial charge is 0.0967 e. The van der Waals surface area contributed by atoms with E-state index >= 15 is 0 Å². The number of aliphatic carboxylic acids is 1. The Hall–Kier alpha value is -0.690. The van der Waals surface area contributed by atoms with Gasteiger partial charge in [-0.3, -0.25) is 4.84 Å². The van der Waals surface area contributed by atoms with Crippen LogP contribution in [-0.4, -0.2) is 51.5 Å². The van der Waals surface area contributed by atoms with Gasteiger partial charge in [0.25, 0.3) is 0 Å². The summed E-state index contributed by atoms with van der Waals surface area (Å²) in [6.45, 7) is 13.5. The molecule has 0 aromatic rings. The highest BCUT2D eigenvalue weighted by Gasteiger charge is 2.47. The fourth-order valence-electron chi connectivity index (χ4n) is 3.37. The van der Waals surface area contributed by atoms with Crippen molar-refractivity contribution >= 4 is 5.97 Å². The van der Waals surface area contributed by atoms with Crippen molar-refractivity contribution in [2.24, 2.45) is 0 Å². The van der Waals surface area contributed by atoms with Crippen molar-refractivity contribution in [1.29, 1.82) is 0 Å². The van der Waals surface area contributed by atoms with Crippen LogP contribution in [0.25, 0.3) is 0 Å². The summed E-state index contributed by atoms with van der Waals surface area (Å²) in [5.41, 5.74) is -1.46. The second-order valence-corrected chi connectivity index (χ2v) is 8.32. The lowest BCUT2D eigenvalue weighted by Gasteiger charge is -2.54. The first-order valence-electron chi connectivity index (χ1n) is 7.87. The van der Waals surface area contributed by atoms with Crippen LogP contribution >= 0.6 is 0 Å². The minimum absolute atomic E-state index is 0.0693. The molecule has 1 rings (SSSR count). The Kier molecular flexibility index (Phi) is 5.66. The number of nitrogens with one attached hydrogen (secondary N) is 1. The van der Waals surface area contributed by atoms with Crippen LogP contribution in [0.5, 0.6) is 0 Å². The molecular weight excluding hydrogens is 284 g/mol. The van der Waals surface area contributed by atoms with Crippen LogP contribution in [0.4, 0.5) is 0 Å². The van der Waals surface area contributed by atoms with Gasteiger partial charge in [-0.05, 0) is 61.3 Å². The molecule has 6 nitrogen and oxygen atoms in total. The van der Waals surface area contributed by atoms with E-state index in [9.17, 15) is 15.0 Å². The van der Waals surface area contributed by atoms with E-state index in [0.29, 0.717) is 0 Å². The molecule has 6 heteroatoms. The molecule has 0 aliphatic carbocycles. The molecule has 1 unspecified atom stereocenters. The highest BCUT2D eigenvalue weighted by Crippen LogP contribution is 2.39. The molecule has 0 radical (unpaired) electrons. The van der Waals surface area contributed by atoms with Gasteiger partial charge < -0.3 is 20.3 Å². The lowest BCUT2D eigenvalue weighted by molar-refractivity contribution is -0.310. The minimum Gasteiger partial charge on any atom is -0.548 e. The third-order valence-corrected chi connectivity index (χ3v) is 3.98. The molecule has 22 heavy (non-hydrogen) atoms. The molecule has 1 heterocycles. The zero-order valence-corrected chi connectivity index (χ0v) is 14.9. The number of carbonyl (C=O) groups excluding carboxylic acids is 1. The number of piperidine rings is 1. The van der Waals surface area contributed by atoms with Gasteiger partial charge in [-0.25, -0.2) is 0 Å². The largest absolute Gasteiger partial charge is 0.548 e. The van der Waals surface area contributed by atoms with E-state index < -0.39 is 17.6 Å². The lowest BCUT2D eigenvalue weighted by Crippen LogP contribution is -2.65. The van der Waals surface area contributed by atoms with Crippen molar-refractivity contribution in [2.45, 2.75) is 90.1 Å². The van der Waals surface area contributed by atoms with E-state index in [1.165, 1.54) is 0 Å². The van der Waals surface area contributed by atoms with Crippen molar-refractivity contribution in [3.63, 3.8) is 0 Å². The topological polar surface area (TPSA) is 84.9 Å². The van der Waals surface area contributed by atoms with E-state index in [0.717, 1.165) is 12.8 Å². The summed E-state index contributed by atoms with van der Waals surface area (Å²) in [5.74, 6) is -1.09. The van der Waals surface area contributed by atoms with Crippen molar-refractivity contribution in [3.05, 3.63) is 0 Å². The van der Waals surface area contributed by atoms with Gasteiger partial charge in [0.05, 0.1) is 18.2 Å². The molecule has 0 aromatic heterocycles. The SMILES string of the molecule is CC(NC1CC(C)(C)N(OCC(C)(C)O)C(C)(C)C1)C(=O)[O-]. The molecule has 130 valence electrons.